The Morgan fingerprint density at radius 1 is 1.41 bits per heavy atom. The Morgan fingerprint density at radius 2 is 2.18 bits per heavy atom. The number of nitriles is 1. The van der Waals surface area contributed by atoms with Gasteiger partial charge in [-0.15, -0.1) is 0 Å². The van der Waals surface area contributed by atoms with E-state index in [4.69, 9.17) is 11.0 Å². The van der Waals surface area contributed by atoms with Gasteiger partial charge in [0, 0.05) is 6.54 Å². The molecule has 1 rings (SSSR count). The molecule has 0 amide bonds. The minimum absolute atomic E-state index is 0.118. The van der Waals surface area contributed by atoms with Crippen LogP contribution in [-0.4, -0.2) is 21.5 Å². The minimum atomic E-state index is -3.35. The van der Waals surface area contributed by atoms with Crippen molar-refractivity contribution in [3.8, 4) is 6.07 Å². The first kappa shape index (κ1) is 13.6. The smallest absolute Gasteiger partial charge is 0.215 e. The number of nitrogens with zero attached hydrogens (tertiary/aromatic N) is 1. The summed E-state index contributed by atoms with van der Waals surface area (Å²) in [4.78, 5) is 0. The standard InChI is InChI=1S/C11H15N3O2S/c12-5-2-6-14-17(15,16)9-11-4-1-3-10(7-11)8-13/h1,3-4,7,14H,2,5-6,9,12H2. The molecule has 0 saturated carbocycles. The number of nitrogens with two attached hydrogens (primary N) is 1. The van der Waals surface area contributed by atoms with Crippen LogP contribution < -0.4 is 10.5 Å². The average molecular weight is 253 g/mol. The van der Waals surface area contributed by atoms with Crippen LogP contribution in [0.25, 0.3) is 0 Å². The first-order valence-electron chi connectivity index (χ1n) is 5.24. The van der Waals surface area contributed by atoms with E-state index in [1.54, 1.807) is 24.3 Å². The summed E-state index contributed by atoms with van der Waals surface area (Å²) in [6, 6.07) is 8.54. The van der Waals surface area contributed by atoms with Gasteiger partial charge in [0.25, 0.3) is 0 Å². The number of hydrogen-bond donors (Lipinski definition) is 2. The predicted octanol–water partition coefficient (Wildman–Crippen LogP) is 0.326. The Labute approximate surface area is 101 Å². The Hall–Kier alpha value is -1.42. The molecular formula is C11H15N3O2S. The molecule has 0 unspecified atom stereocenters. The number of benzene rings is 1. The lowest BCUT2D eigenvalue weighted by molar-refractivity contribution is 0.578. The molecule has 1 aromatic carbocycles. The summed E-state index contributed by atoms with van der Waals surface area (Å²) >= 11 is 0. The van der Waals surface area contributed by atoms with E-state index in [9.17, 15) is 8.42 Å². The highest BCUT2D eigenvalue weighted by molar-refractivity contribution is 7.88. The highest BCUT2D eigenvalue weighted by Gasteiger charge is 2.10. The normalized spacial score (nSPS) is 11.1. The van der Waals surface area contributed by atoms with Crippen LogP contribution in [0.5, 0.6) is 0 Å². The van der Waals surface area contributed by atoms with Crippen molar-refractivity contribution in [3.63, 3.8) is 0 Å². The molecule has 1 aromatic rings. The third-order valence-corrected chi connectivity index (χ3v) is 3.47. The van der Waals surface area contributed by atoms with Gasteiger partial charge in [-0.3, -0.25) is 0 Å². The maximum absolute atomic E-state index is 11.6. The van der Waals surface area contributed by atoms with E-state index < -0.39 is 10.0 Å². The number of hydrogen-bond acceptors (Lipinski definition) is 4. The molecular weight excluding hydrogens is 238 g/mol. The lowest BCUT2D eigenvalue weighted by Gasteiger charge is -2.06. The molecule has 0 atom stereocenters. The third-order valence-electron chi connectivity index (χ3n) is 2.12. The van der Waals surface area contributed by atoms with Crippen LogP contribution >= 0.6 is 0 Å². The summed E-state index contributed by atoms with van der Waals surface area (Å²) < 4.78 is 25.7. The lowest BCUT2D eigenvalue weighted by Crippen LogP contribution is -2.27. The summed E-state index contributed by atoms with van der Waals surface area (Å²) in [5, 5.41) is 8.70. The van der Waals surface area contributed by atoms with E-state index in [0.717, 1.165) is 0 Å². The van der Waals surface area contributed by atoms with E-state index >= 15 is 0 Å². The topological polar surface area (TPSA) is 96.0 Å². The Kier molecular flexibility index (Phi) is 5.10. The fourth-order valence-corrected chi connectivity index (χ4v) is 2.51. The average Bonchev–Trinajstić information content (AvgIpc) is 2.29. The zero-order valence-electron chi connectivity index (χ0n) is 9.39. The van der Waals surface area contributed by atoms with Gasteiger partial charge in [-0.2, -0.15) is 5.26 Å². The zero-order valence-corrected chi connectivity index (χ0v) is 10.2. The first-order chi connectivity index (χ1) is 8.07. The van der Waals surface area contributed by atoms with E-state index in [2.05, 4.69) is 4.72 Å². The molecule has 0 bridgehead atoms. The second kappa shape index (κ2) is 6.35. The van der Waals surface area contributed by atoms with Crippen molar-refractivity contribution in [2.75, 3.05) is 13.1 Å². The van der Waals surface area contributed by atoms with Gasteiger partial charge in [-0.1, -0.05) is 12.1 Å². The minimum Gasteiger partial charge on any atom is -0.330 e. The third kappa shape index (κ3) is 4.95. The maximum atomic E-state index is 11.6. The summed E-state index contributed by atoms with van der Waals surface area (Å²) in [6.45, 7) is 0.795. The van der Waals surface area contributed by atoms with Crippen molar-refractivity contribution >= 4 is 10.0 Å². The van der Waals surface area contributed by atoms with Gasteiger partial charge in [-0.05, 0) is 30.7 Å². The van der Waals surface area contributed by atoms with Gasteiger partial charge in [0.15, 0.2) is 0 Å². The molecule has 17 heavy (non-hydrogen) atoms. The molecule has 0 aliphatic heterocycles. The molecule has 0 aliphatic rings. The van der Waals surface area contributed by atoms with E-state index in [1.807, 2.05) is 6.07 Å². The molecule has 0 fully saturated rings. The summed E-state index contributed by atoms with van der Waals surface area (Å²) in [5.41, 5.74) is 6.34. The van der Waals surface area contributed by atoms with Crippen molar-refractivity contribution in [2.45, 2.75) is 12.2 Å². The highest BCUT2D eigenvalue weighted by Crippen LogP contribution is 2.07. The Bertz CT molecular complexity index is 506. The number of rotatable bonds is 6. The van der Waals surface area contributed by atoms with E-state index in [1.165, 1.54) is 0 Å². The van der Waals surface area contributed by atoms with Crippen molar-refractivity contribution in [1.82, 2.24) is 4.72 Å². The summed E-state index contributed by atoms with van der Waals surface area (Å²) in [7, 11) is -3.35. The van der Waals surface area contributed by atoms with Crippen LogP contribution in [0.4, 0.5) is 0 Å². The van der Waals surface area contributed by atoms with Gasteiger partial charge in [-0.25, -0.2) is 13.1 Å². The number of sulfonamides is 1. The zero-order chi connectivity index (χ0) is 12.7. The molecule has 0 aliphatic carbocycles. The summed E-state index contributed by atoms with van der Waals surface area (Å²) in [6.07, 6.45) is 0.609. The van der Waals surface area contributed by atoms with Crippen LogP contribution in [0.3, 0.4) is 0 Å². The van der Waals surface area contributed by atoms with Gasteiger partial charge in [0.2, 0.25) is 10.0 Å². The molecule has 0 aromatic heterocycles. The largest absolute Gasteiger partial charge is 0.330 e. The van der Waals surface area contributed by atoms with Crippen molar-refractivity contribution in [1.29, 1.82) is 5.26 Å². The molecule has 6 heteroatoms. The monoisotopic (exact) mass is 253 g/mol. The van der Waals surface area contributed by atoms with Crippen molar-refractivity contribution in [2.24, 2.45) is 5.73 Å². The van der Waals surface area contributed by atoms with Crippen molar-refractivity contribution < 1.29 is 8.42 Å². The quantitative estimate of drug-likeness (QED) is 0.714. The van der Waals surface area contributed by atoms with Crippen LogP contribution in [0.1, 0.15) is 17.5 Å². The fraction of sp³-hybridized carbons (Fsp3) is 0.364. The van der Waals surface area contributed by atoms with Crippen LogP contribution in [0.2, 0.25) is 0 Å². The predicted molar refractivity (Wildman–Crippen MR) is 65.5 cm³/mol. The summed E-state index contributed by atoms with van der Waals surface area (Å²) in [5.74, 6) is -0.118. The van der Waals surface area contributed by atoms with Crippen LogP contribution in [0, 0.1) is 11.3 Å². The van der Waals surface area contributed by atoms with E-state index in [-0.39, 0.29) is 5.75 Å². The van der Waals surface area contributed by atoms with Gasteiger partial charge >= 0.3 is 0 Å². The maximum Gasteiger partial charge on any atom is 0.215 e. The Morgan fingerprint density at radius 3 is 2.82 bits per heavy atom. The fourth-order valence-electron chi connectivity index (χ4n) is 1.33. The van der Waals surface area contributed by atoms with Gasteiger partial charge in [0.05, 0.1) is 17.4 Å². The van der Waals surface area contributed by atoms with Crippen molar-refractivity contribution in [3.05, 3.63) is 35.4 Å². The van der Waals surface area contributed by atoms with Crippen LogP contribution in [-0.2, 0) is 15.8 Å². The SMILES string of the molecule is N#Cc1cccc(CS(=O)(=O)NCCCN)c1. The lowest BCUT2D eigenvalue weighted by atomic mass is 10.2. The second-order valence-corrected chi connectivity index (χ2v) is 5.41. The molecule has 0 spiro atoms. The molecule has 5 nitrogen and oxygen atoms in total. The first-order valence-corrected chi connectivity index (χ1v) is 6.89. The highest BCUT2D eigenvalue weighted by atomic mass is 32.2. The second-order valence-electron chi connectivity index (χ2n) is 3.61. The van der Waals surface area contributed by atoms with E-state index in [0.29, 0.717) is 30.6 Å². The molecule has 0 heterocycles. The Balaban J connectivity index is 2.66. The molecule has 0 saturated heterocycles. The van der Waals surface area contributed by atoms with Gasteiger partial charge < -0.3 is 5.73 Å². The molecule has 3 N–H and O–H groups in total. The van der Waals surface area contributed by atoms with Crippen LogP contribution in [0.15, 0.2) is 24.3 Å². The molecule has 0 radical (unpaired) electrons. The number of nitrogens with one attached hydrogen (secondary N) is 1. The van der Waals surface area contributed by atoms with Gasteiger partial charge in [0.1, 0.15) is 0 Å². The molecule has 92 valence electrons.